The molecule has 0 saturated carbocycles. The van der Waals surface area contributed by atoms with Crippen LogP contribution in [0.1, 0.15) is 15.7 Å². The van der Waals surface area contributed by atoms with E-state index in [0.29, 0.717) is 0 Å². The minimum absolute atomic E-state index is 0. The molecule has 0 aliphatic heterocycles. The summed E-state index contributed by atoms with van der Waals surface area (Å²) in [5, 5.41) is 0. The van der Waals surface area contributed by atoms with Gasteiger partial charge < -0.3 is 2.85 Å². The maximum Gasteiger partial charge on any atom is 0 e. The van der Waals surface area contributed by atoms with E-state index in [1.165, 1.54) is 4.41 Å². The van der Waals surface area contributed by atoms with E-state index in [2.05, 4.69) is 47.6 Å². The van der Waals surface area contributed by atoms with E-state index in [1.807, 2.05) is 12.2 Å². The number of rotatable bonds is 1. The van der Waals surface area contributed by atoms with Crippen molar-refractivity contribution in [3.8, 4) is 0 Å². The van der Waals surface area contributed by atoms with E-state index in [4.69, 9.17) is 0 Å². The first-order chi connectivity index (χ1) is 6.61. The van der Waals surface area contributed by atoms with Crippen LogP contribution in [0.4, 0.5) is 0 Å². The van der Waals surface area contributed by atoms with Crippen LogP contribution in [-0.4, -0.2) is 13.3 Å². The van der Waals surface area contributed by atoms with Crippen molar-refractivity contribution < 1.29 is 28.7 Å². The SMILES string of the molecule is [C-]1=CC=CC1.[CH3][Ge]([CH3])([CH3])[C]1=[C-]CC=C1.[H-].[H-].[Hf]. The van der Waals surface area contributed by atoms with E-state index in [9.17, 15) is 0 Å². The smallest absolute Gasteiger partial charge is 0 e. The van der Waals surface area contributed by atoms with Gasteiger partial charge >= 0.3 is 59.6 Å². The molecule has 0 unspecified atom stereocenters. The third kappa shape index (κ3) is 6.52. The molecule has 0 aromatic carbocycles. The average Bonchev–Trinajstić information content (AvgIpc) is 2.80. The molecular formula is C13H20GeHf-4. The zero-order valence-corrected chi connectivity index (χ0v) is 15.5. The van der Waals surface area contributed by atoms with Gasteiger partial charge in [0.05, 0.1) is 0 Å². The fourth-order valence-corrected chi connectivity index (χ4v) is 3.88. The third-order valence-electron chi connectivity index (χ3n) is 2.09. The molecular weight excluding hydrogens is 407 g/mol. The molecule has 0 radical (unpaired) electrons. The van der Waals surface area contributed by atoms with E-state index >= 15 is 0 Å². The van der Waals surface area contributed by atoms with Gasteiger partial charge in [-0.2, -0.15) is 6.08 Å². The molecule has 2 heteroatoms. The Kier molecular flexibility index (Phi) is 7.80. The summed E-state index contributed by atoms with van der Waals surface area (Å²) in [4.78, 5) is 0. The van der Waals surface area contributed by atoms with Gasteiger partial charge in [-0.3, -0.25) is 6.08 Å². The Labute approximate surface area is 118 Å². The molecule has 0 N–H and O–H groups in total. The number of hydrogen-bond donors (Lipinski definition) is 0. The first-order valence-corrected chi connectivity index (χ1v) is 12.4. The molecule has 0 atom stereocenters. The quantitative estimate of drug-likeness (QED) is 0.437. The molecule has 0 bridgehead atoms. The topological polar surface area (TPSA) is 0 Å². The molecule has 0 amide bonds. The zero-order chi connectivity index (χ0) is 10.4. The largest absolute Gasteiger partial charge is 1.00 e. The van der Waals surface area contributed by atoms with Crippen molar-refractivity contribution >= 4 is 13.3 Å². The molecule has 0 fully saturated rings. The summed E-state index contributed by atoms with van der Waals surface area (Å²) in [7, 11) is 0. The Morgan fingerprint density at radius 3 is 2.13 bits per heavy atom. The van der Waals surface area contributed by atoms with E-state index in [1.54, 1.807) is 0 Å². The maximum atomic E-state index is 3.39. The van der Waals surface area contributed by atoms with Gasteiger partial charge in [0.15, 0.2) is 0 Å². The number of allylic oxidation sites excluding steroid dienone is 8. The van der Waals surface area contributed by atoms with Gasteiger partial charge in [-0.15, -0.1) is 6.42 Å². The molecule has 2 rings (SSSR count). The minimum Gasteiger partial charge on any atom is -1.00 e. The van der Waals surface area contributed by atoms with Crippen LogP contribution in [0, 0.1) is 12.2 Å². The molecule has 0 aromatic heterocycles. The molecule has 0 spiro atoms. The van der Waals surface area contributed by atoms with Crippen LogP contribution in [0.5, 0.6) is 0 Å². The Morgan fingerprint density at radius 1 is 1.20 bits per heavy atom. The van der Waals surface area contributed by atoms with E-state index in [0.717, 1.165) is 12.8 Å². The molecule has 15 heavy (non-hydrogen) atoms. The second-order valence-corrected chi connectivity index (χ2v) is 15.0. The van der Waals surface area contributed by atoms with Crippen molar-refractivity contribution in [2.75, 3.05) is 0 Å². The van der Waals surface area contributed by atoms with Crippen LogP contribution < -0.4 is 0 Å². The van der Waals surface area contributed by atoms with E-state index in [-0.39, 0.29) is 28.7 Å². The van der Waals surface area contributed by atoms with Crippen molar-refractivity contribution in [2.45, 2.75) is 30.1 Å². The van der Waals surface area contributed by atoms with Crippen LogP contribution in [0.2, 0.25) is 17.3 Å². The van der Waals surface area contributed by atoms with Gasteiger partial charge in [-0.1, -0.05) is 0 Å². The Balaban J connectivity index is -0.000000216. The zero-order valence-electron chi connectivity index (χ0n) is 11.8. The van der Waals surface area contributed by atoms with Crippen molar-refractivity contribution in [1.82, 2.24) is 0 Å². The van der Waals surface area contributed by atoms with Gasteiger partial charge in [0.2, 0.25) is 0 Å². The molecule has 0 saturated heterocycles. The monoisotopic (exact) mass is 430 g/mol. The molecule has 0 nitrogen and oxygen atoms in total. The summed E-state index contributed by atoms with van der Waals surface area (Å²) >= 11 is -1.46. The Hall–Kier alpha value is 0.373. The van der Waals surface area contributed by atoms with Crippen LogP contribution in [0.3, 0.4) is 0 Å². The van der Waals surface area contributed by atoms with Crippen molar-refractivity contribution in [3.05, 3.63) is 46.9 Å². The van der Waals surface area contributed by atoms with Gasteiger partial charge in [0.1, 0.15) is 0 Å². The normalized spacial score (nSPS) is 16.9. The van der Waals surface area contributed by atoms with Gasteiger partial charge in [-0.25, -0.2) is 12.2 Å². The summed E-state index contributed by atoms with van der Waals surface area (Å²) in [6.45, 7) is 0. The standard InChI is InChI=1S/C8H13Ge.C5H5.Hf.2H/c1-9(2,3)8-6-4-5-7-8;1-2-4-5-3-1;;;/h4,6H,5H2,1-3H3;1-3H,4H2;;;/q2*-1;;2*-1. The molecule has 2 aliphatic rings. The third-order valence-corrected chi connectivity index (χ3v) is 6.20. The molecule has 84 valence electrons. The minimum atomic E-state index is -1.46. The molecule has 0 aromatic rings. The van der Waals surface area contributed by atoms with Crippen LogP contribution in [0.25, 0.3) is 0 Å². The summed E-state index contributed by atoms with van der Waals surface area (Å²) in [6.07, 6.45) is 18.9. The second-order valence-electron chi connectivity index (χ2n) is 4.45. The molecule has 0 heterocycles. The van der Waals surface area contributed by atoms with Gasteiger partial charge in [0.25, 0.3) is 0 Å². The fraction of sp³-hybridized carbons (Fsp3) is 0.385. The van der Waals surface area contributed by atoms with Gasteiger partial charge in [-0.05, 0) is 0 Å². The predicted molar refractivity (Wildman–Crippen MR) is 67.7 cm³/mol. The van der Waals surface area contributed by atoms with Gasteiger partial charge in [0, 0.05) is 25.8 Å². The van der Waals surface area contributed by atoms with Crippen LogP contribution in [-0.2, 0) is 25.8 Å². The summed E-state index contributed by atoms with van der Waals surface area (Å²) in [6, 6.07) is 0. The Morgan fingerprint density at radius 2 is 1.93 bits per heavy atom. The first-order valence-electron chi connectivity index (χ1n) is 5.10. The summed E-state index contributed by atoms with van der Waals surface area (Å²) in [5.74, 6) is 7.20. The number of hydrogen-bond acceptors (Lipinski definition) is 0. The maximum absolute atomic E-state index is 3.39. The van der Waals surface area contributed by atoms with E-state index < -0.39 is 13.3 Å². The second kappa shape index (κ2) is 7.61. The fourth-order valence-electron chi connectivity index (χ4n) is 1.26. The van der Waals surface area contributed by atoms with Crippen molar-refractivity contribution in [3.63, 3.8) is 0 Å². The predicted octanol–water partition coefficient (Wildman–Crippen LogP) is 4.08. The van der Waals surface area contributed by atoms with Crippen LogP contribution in [0.15, 0.2) is 34.8 Å². The average molecular weight is 427 g/mol. The molecule has 2 aliphatic carbocycles. The summed E-state index contributed by atoms with van der Waals surface area (Å²) < 4.78 is 1.54. The van der Waals surface area contributed by atoms with Crippen molar-refractivity contribution in [2.24, 2.45) is 0 Å². The summed E-state index contributed by atoms with van der Waals surface area (Å²) in [5.41, 5.74) is 0. The van der Waals surface area contributed by atoms with Crippen LogP contribution >= 0.6 is 0 Å². The first kappa shape index (κ1) is 15.4. The van der Waals surface area contributed by atoms with Crippen molar-refractivity contribution in [1.29, 1.82) is 0 Å². The Bertz CT molecular complexity index is 289.